The van der Waals surface area contributed by atoms with Crippen LogP contribution in [0.1, 0.15) is 22.5 Å². The predicted octanol–water partition coefficient (Wildman–Crippen LogP) is 6.51. The minimum Gasteiger partial charge on any atom is -0.489 e. The van der Waals surface area contributed by atoms with E-state index in [9.17, 15) is 4.79 Å². The fourth-order valence-electron chi connectivity index (χ4n) is 3.69. The van der Waals surface area contributed by atoms with Crippen molar-refractivity contribution in [2.45, 2.75) is 20.5 Å². The number of nitrogens with zero attached hydrogens (tertiary/aromatic N) is 2. The summed E-state index contributed by atoms with van der Waals surface area (Å²) < 4.78 is 13.4. The largest absolute Gasteiger partial charge is 0.489 e. The Morgan fingerprint density at radius 2 is 1.64 bits per heavy atom. The van der Waals surface area contributed by atoms with Crippen LogP contribution in [0.3, 0.4) is 0 Å². The zero-order valence-electron chi connectivity index (χ0n) is 19.9. The highest BCUT2D eigenvalue weighted by Gasteiger charge is 2.10. The van der Waals surface area contributed by atoms with Crippen LogP contribution in [0.15, 0.2) is 84.0 Å². The van der Waals surface area contributed by atoms with Crippen LogP contribution in [0.5, 0.6) is 11.5 Å². The maximum Gasteiger partial charge on any atom is 0.277 e. The highest BCUT2D eigenvalue weighted by Crippen LogP contribution is 2.24. The van der Waals surface area contributed by atoms with Crippen LogP contribution >= 0.6 is 23.2 Å². The Morgan fingerprint density at radius 3 is 2.36 bits per heavy atom. The van der Waals surface area contributed by atoms with Crippen molar-refractivity contribution in [2.24, 2.45) is 5.10 Å². The molecule has 0 saturated heterocycles. The van der Waals surface area contributed by atoms with E-state index in [0.717, 1.165) is 34.0 Å². The van der Waals surface area contributed by atoms with Gasteiger partial charge in [-0.25, -0.2) is 5.43 Å². The number of benzene rings is 3. The summed E-state index contributed by atoms with van der Waals surface area (Å²) in [5.74, 6) is 0.819. The molecule has 4 aromatic rings. The Kier molecular flexibility index (Phi) is 8.31. The van der Waals surface area contributed by atoms with E-state index >= 15 is 0 Å². The van der Waals surface area contributed by atoms with Crippen molar-refractivity contribution in [1.82, 2.24) is 9.99 Å². The second-order valence-electron chi connectivity index (χ2n) is 8.05. The summed E-state index contributed by atoms with van der Waals surface area (Å²) in [6.45, 7) is 4.22. The standard InChI is InChI=1S/C28H25Cl2N3O3/c1-19-15-22(16-31-32-28(34)18-36-27-10-6-5-9-26(27)30)20(2)33(19)23-11-13-24(14-12-23)35-17-21-7-3-4-8-25(21)29/h3-16H,17-18H2,1-2H3,(H,32,34)/b31-16-. The molecule has 3 aromatic carbocycles. The van der Waals surface area contributed by atoms with Gasteiger partial charge in [0, 0.05) is 33.2 Å². The Balaban J connectivity index is 1.36. The van der Waals surface area contributed by atoms with Crippen LogP contribution in [0.4, 0.5) is 0 Å². The second kappa shape index (κ2) is 11.8. The van der Waals surface area contributed by atoms with E-state index in [1.54, 1.807) is 30.5 Å². The van der Waals surface area contributed by atoms with Gasteiger partial charge in [0.25, 0.3) is 5.91 Å². The molecule has 0 unspecified atom stereocenters. The lowest BCUT2D eigenvalue weighted by atomic mass is 10.2. The summed E-state index contributed by atoms with van der Waals surface area (Å²) in [5, 5.41) is 5.21. The lowest BCUT2D eigenvalue weighted by molar-refractivity contribution is -0.123. The quantitative estimate of drug-likeness (QED) is 0.201. The summed E-state index contributed by atoms with van der Waals surface area (Å²) in [4.78, 5) is 12.1. The molecule has 184 valence electrons. The molecule has 1 amide bonds. The number of nitrogens with one attached hydrogen (secondary N) is 1. The number of amides is 1. The van der Waals surface area contributed by atoms with Gasteiger partial charge in [0.15, 0.2) is 6.61 Å². The number of rotatable bonds is 9. The third-order valence-electron chi connectivity index (χ3n) is 5.51. The first-order chi connectivity index (χ1) is 17.4. The molecule has 0 spiro atoms. The molecule has 8 heteroatoms. The fraction of sp³-hybridized carbons (Fsp3) is 0.143. The van der Waals surface area contributed by atoms with Gasteiger partial charge in [-0.15, -0.1) is 0 Å². The summed E-state index contributed by atoms with van der Waals surface area (Å²) in [5.41, 5.74) is 7.32. The van der Waals surface area contributed by atoms with E-state index in [1.165, 1.54) is 0 Å². The van der Waals surface area contributed by atoms with E-state index in [-0.39, 0.29) is 12.5 Å². The van der Waals surface area contributed by atoms with Crippen molar-refractivity contribution < 1.29 is 14.3 Å². The number of hydrogen-bond acceptors (Lipinski definition) is 4. The number of halogens is 2. The Hall–Kier alpha value is -3.74. The van der Waals surface area contributed by atoms with Crippen LogP contribution in [-0.2, 0) is 11.4 Å². The number of hydrazone groups is 1. The molecule has 6 nitrogen and oxygen atoms in total. The van der Waals surface area contributed by atoms with Crippen LogP contribution in [0.2, 0.25) is 10.0 Å². The average Bonchev–Trinajstić information content (AvgIpc) is 3.16. The van der Waals surface area contributed by atoms with Gasteiger partial charge in [-0.3, -0.25) is 4.79 Å². The third kappa shape index (κ3) is 6.27. The van der Waals surface area contributed by atoms with Gasteiger partial charge < -0.3 is 14.0 Å². The molecular formula is C28H25Cl2N3O3. The first kappa shape index (κ1) is 25.4. The molecule has 1 aromatic heterocycles. The molecule has 1 N–H and O–H groups in total. The zero-order valence-corrected chi connectivity index (χ0v) is 21.4. The normalized spacial score (nSPS) is 11.0. The topological polar surface area (TPSA) is 64.8 Å². The molecule has 0 saturated carbocycles. The summed E-state index contributed by atoms with van der Waals surface area (Å²) >= 11 is 12.2. The number of aryl methyl sites for hydroxylation is 1. The van der Waals surface area contributed by atoms with Gasteiger partial charge >= 0.3 is 0 Å². The van der Waals surface area contributed by atoms with E-state index in [0.29, 0.717) is 22.4 Å². The summed E-state index contributed by atoms with van der Waals surface area (Å²) in [7, 11) is 0. The van der Waals surface area contributed by atoms with Crippen LogP contribution in [-0.4, -0.2) is 23.3 Å². The van der Waals surface area contributed by atoms with Gasteiger partial charge in [-0.05, 0) is 62.4 Å². The maximum atomic E-state index is 12.1. The molecule has 0 atom stereocenters. The van der Waals surface area contributed by atoms with Gasteiger partial charge in [0.1, 0.15) is 18.1 Å². The monoisotopic (exact) mass is 521 g/mol. The van der Waals surface area contributed by atoms with Crippen molar-refractivity contribution in [3.63, 3.8) is 0 Å². The SMILES string of the molecule is Cc1cc(/C=N\NC(=O)COc2ccccc2Cl)c(C)n1-c1ccc(OCc2ccccc2Cl)cc1. The maximum absolute atomic E-state index is 12.1. The third-order valence-corrected chi connectivity index (χ3v) is 6.19. The van der Waals surface area contributed by atoms with Crippen molar-refractivity contribution >= 4 is 35.3 Å². The number of ether oxygens (including phenoxy) is 2. The summed E-state index contributed by atoms with van der Waals surface area (Å²) in [6, 6.07) is 24.5. The minimum atomic E-state index is -0.382. The molecule has 0 fully saturated rings. The first-order valence-corrected chi connectivity index (χ1v) is 12.0. The molecule has 4 rings (SSSR count). The van der Waals surface area contributed by atoms with Crippen LogP contribution in [0, 0.1) is 13.8 Å². The molecule has 0 bridgehead atoms. The Bertz CT molecular complexity index is 1380. The minimum absolute atomic E-state index is 0.189. The number of para-hydroxylation sites is 1. The average molecular weight is 522 g/mol. The highest BCUT2D eigenvalue weighted by atomic mass is 35.5. The van der Waals surface area contributed by atoms with Gasteiger partial charge in [-0.2, -0.15) is 5.10 Å². The molecule has 36 heavy (non-hydrogen) atoms. The fourth-order valence-corrected chi connectivity index (χ4v) is 4.08. The lowest BCUT2D eigenvalue weighted by Gasteiger charge is -2.12. The van der Waals surface area contributed by atoms with Gasteiger partial charge in [0.2, 0.25) is 0 Å². The number of carbonyl (C=O) groups excluding carboxylic acids is 1. The van der Waals surface area contributed by atoms with Crippen molar-refractivity contribution in [1.29, 1.82) is 0 Å². The zero-order chi connectivity index (χ0) is 25.5. The molecule has 0 aliphatic carbocycles. The van der Waals surface area contributed by atoms with E-state index in [1.807, 2.05) is 68.4 Å². The number of hydrogen-bond donors (Lipinski definition) is 1. The molecule has 1 heterocycles. The van der Waals surface area contributed by atoms with E-state index < -0.39 is 0 Å². The molecule has 0 aliphatic heterocycles. The smallest absolute Gasteiger partial charge is 0.277 e. The molecule has 0 radical (unpaired) electrons. The second-order valence-corrected chi connectivity index (χ2v) is 8.86. The molecule has 0 aliphatic rings. The van der Waals surface area contributed by atoms with Gasteiger partial charge in [-0.1, -0.05) is 53.5 Å². The van der Waals surface area contributed by atoms with Crippen molar-refractivity contribution in [3.8, 4) is 17.2 Å². The van der Waals surface area contributed by atoms with Crippen molar-refractivity contribution in [2.75, 3.05) is 6.61 Å². The lowest BCUT2D eigenvalue weighted by Crippen LogP contribution is -2.24. The van der Waals surface area contributed by atoms with Gasteiger partial charge in [0.05, 0.1) is 11.2 Å². The van der Waals surface area contributed by atoms with E-state index in [4.69, 9.17) is 32.7 Å². The van der Waals surface area contributed by atoms with Crippen LogP contribution in [0.25, 0.3) is 5.69 Å². The molecular weight excluding hydrogens is 497 g/mol. The Morgan fingerprint density at radius 1 is 0.944 bits per heavy atom. The van der Waals surface area contributed by atoms with Crippen LogP contribution < -0.4 is 14.9 Å². The predicted molar refractivity (Wildman–Crippen MR) is 144 cm³/mol. The summed E-state index contributed by atoms with van der Waals surface area (Å²) in [6.07, 6.45) is 1.62. The van der Waals surface area contributed by atoms with E-state index in [2.05, 4.69) is 15.1 Å². The highest BCUT2D eigenvalue weighted by molar-refractivity contribution is 6.32. The number of aromatic nitrogens is 1. The number of carbonyl (C=O) groups is 1. The Labute approximate surface area is 220 Å². The first-order valence-electron chi connectivity index (χ1n) is 11.3. The van der Waals surface area contributed by atoms with Crippen molar-refractivity contribution in [3.05, 3.63) is 111 Å².